The van der Waals surface area contributed by atoms with Gasteiger partial charge < -0.3 is 5.73 Å². The van der Waals surface area contributed by atoms with Crippen LogP contribution in [0, 0.1) is 13.8 Å². The zero-order chi connectivity index (χ0) is 13.2. The third kappa shape index (κ3) is 2.19. The molecule has 94 valence electrons. The summed E-state index contributed by atoms with van der Waals surface area (Å²) in [7, 11) is 0. The molecule has 0 aliphatic rings. The SMILES string of the molecule is CCC(N)(c1ccccc1)c1ccc(C)c(C)c1. The van der Waals surface area contributed by atoms with Crippen LogP contribution in [0.25, 0.3) is 0 Å². The van der Waals surface area contributed by atoms with E-state index in [2.05, 4.69) is 51.1 Å². The Morgan fingerprint density at radius 1 is 0.889 bits per heavy atom. The molecule has 0 bridgehead atoms. The lowest BCUT2D eigenvalue weighted by molar-refractivity contribution is 0.518. The van der Waals surface area contributed by atoms with E-state index in [1.165, 1.54) is 22.3 Å². The summed E-state index contributed by atoms with van der Waals surface area (Å²) in [6.45, 7) is 6.41. The molecular formula is C17H21N. The summed E-state index contributed by atoms with van der Waals surface area (Å²) in [5, 5.41) is 0. The Bertz CT molecular complexity index is 531. The van der Waals surface area contributed by atoms with Crippen LogP contribution in [0.2, 0.25) is 0 Å². The van der Waals surface area contributed by atoms with Crippen molar-refractivity contribution in [2.24, 2.45) is 5.73 Å². The largest absolute Gasteiger partial charge is 0.318 e. The van der Waals surface area contributed by atoms with Crippen molar-refractivity contribution in [2.75, 3.05) is 0 Å². The Labute approximate surface area is 110 Å². The van der Waals surface area contributed by atoms with Gasteiger partial charge in [0.15, 0.2) is 0 Å². The smallest absolute Gasteiger partial charge is 0.0663 e. The van der Waals surface area contributed by atoms with E-state index in [4.69, 9.17) is 5.73 Å². The summed E-state index contributed by atoms with van der Waals surface area (Å²) in [6.07, 6.45) is 0.888. The lowest BCUT2D eigenvalue weighted by Crippen LogP contribution is -2.37. The van der Waals surface area contributed by atoms with E-state index in [1.54, 1.807) is 0 Å². The van der Waals surface area contributed by atoms with Crippen molar-refractivity contribution in [3.8, 4) is 0 Å². The standard InChI is InChI=1S/C17H21N/c1-4-17(18,15-8-6-5-7-9-15)16-11-10-13(2)14(3)12-16/h5-12H,4,18H2,1-3H3. The molecule has 0 aliphatic carbocycles. The topological polar surface area (TPSA) is 26.0 Å². The van der Waals surface area contributed by atoms with Gasteiger partial charge in [-0.3, -0.25) is 0 Å². The third-order valence-corrected chi connectivity index (χ3v) is 3.87. The van der Waals surface area contributed by atoms with Crippen molar-refractivity contribution in [3.63, 3.8) is 0 Å². The molecule has 1 unspecified atom stereocenters. The van der Waals surface area contributed by atoms with Crippen LogP contribution in [-0.4, -0.2) is 0 Å². The molecule has 0 saturated heterocycles. The highest BCUT2D eigenvalue weighted by Crippen LogP contribution is 2.31. The lowest BCUT2D eigenvalue weighted by Gasteiger charge is -2.30. The first kappa shape index (κ1) is 12.8. The summed E-state index contributed by atoms with van der Waals surface area (Å²) in [4.78, 5) is 0. The summed E-state index contributed by atoms with van der Waals surface area (Å²) in [6, 6.07) is 16.9. The number of rotatable bonds is 3. The maximum Gasteiger partial charge on any atom is 0.0663 e. The number of hydrogen-bond donors (Lipinski definition) is 1. The molecule has 2 aromatic carbocycles. The molecule has 18 heavy (non-hydrogen) atoms. The van der Waals surface area contributed by atoms with Crippen LogP contribution in [0.4, 0.5) is 0 Å². The van der Waals surface area contributed by atoms with Gasteiger partial charge in [0.05, 0.1) is 5.54 Å². The molecule has 2 aromatic rings. The lowest BCUT2D eigenvalue weighted by atomic mass is 9.81. The van der Waals surface area contributed by atoms with E-state index in [-0.39, 0.29) is 5.54 Å². The van der Waals surface area contributed by atoms with Crippen molar-refractivity contribution >= 4 is 0 Å². The number of hydrogen-bond acceptors (Lipinski definition) is 1. The molecule has 2 rings (SSSR count). The average molecular weight is 239 g/mol. The molecule has 2 N–H and O–H groups in total. The van der Waals surface area contributed by atoms with Gasteiger partial charge in [0, 0.05) is 0 Å². The van der Waals surface area contributed by atoms with Crippen LogP contribution in [0.5, 0.6) is 0 Å². The van der Waals surface area contributed by atoms with Gasteiger partial charge >= 0.3 is 0 Å². The first-order valence-corrected chi connectivity index (χ1v) is 6.50. The average Bonchev–Trinajstić information content (AvgIpc) is 2.42. The van der Waals surface area contributed by atoms with Crippen molar-refractivity contribution in [1.29, 1.82) is 0 Å². The second-order valence-corrected chi connectivity index (χ2v) is 4.99. The Morgan fingerprint density at radius 3 is 2.11 bits per heavy atom. The van der Waals surface area contributed by atoms with Crippen LogP contribution in [0.3, 0.4) is 0 Å². The van der Waals surface area contributed by atoms with Crippen LogP contribution in [0.15, 0.2) is 48.5 Å². The predicted molar refractivity (Wildman–Crippen MR) is 77.6 cm³/mol. The number of nitrogens with two attached hydrogens (primary N) is 1. The second kappa shape index (κ2) is 4.95. The van der Waals surface area contributed by atoms with Crippen molar-refractivity contribution in [1.82, 2.24) is 0 Å². The van der Waals surface area contributed by atoms with Gasteiger partial charge in [-0.15, -0.1) is 0 Å². The molecule has 1 nitrogen and oxygen atoms in total. The molecule has 1 heteroatoms. The van der Waals surface area contributed by atoms with Gasteiger partial charge in [-0.2, -0.15) is 0 Å². The maximum atomic E-state index is 6.66. The quantitative estimate of drug-likeness (QED) is 0.863. The predicted octanol–water partition coefficient (Wildman–Crippen LogP) is 3.92. The molecule has 0 radical (unpaired) electrons. The van der Waals surface area contributed by atoms with E-state index in [1.807, 2.05) is 18.2 Å². The maximum absolute atomic E-state index is 6.66. The normalized spacial score (nSPS) is 14.2. The fraction of sp³-hybridized carbons (Fsp3) is 0.294. The Kier molecular flexibility index (Phi) is 3.53. The molecule has 0 amide bonds. The fourth-order valence-electron chi connectivity index (χ4n) is 2.33. The van der Waals surface area contributed by atoms with E-state index >= 15 is 0 Å². The monoisotopic (exact) mass is 239 g/mol. The van der Waals surface area contributed by atoms with Gasteiger partial charge in [0.25, 0.3) is 0 Å². The van der Waals surface area contributed by atoms with Gasteiger partial charge in [0.1, 0.15) is 0 Å². The highest BCUT2D eigenvalue weighted by molar-refractivity contribution is 5.41. The van der Waals surface area contributed by atoms with E-state index < -0.39 is 0 Å². The van der Waals surface area contributed by atoms with Crippen LogP contribution in [0.1, 0.15) is 35.6 Å². The summed E-state index contributed by atoms with van der Waals surface area (Å²) in [5.74, 6) is 0. The number of aryl methyl sites for hydroxylation is 2. The molecule has 0 spiro atoms. The van der Waals surface area contributed by atoms with Crippen molar-refractivity contribution in [3.05, 3.63) is 70.8 Å². The minimum absolute atomic E-state index is 0.389. The summed E-state index contributed by atoms with van der Waals surface area (Å²) >= 11 is 0. The fourth-order valence-corrected chi connectivity index (χ4v) is 2.33. The Balaban J connectivity index is 2.53. The Morgan fingerprint density at radius 2 is 1.56 bits per heavy atom. The van der Waals surface area contributed by atoms with E-state index in [0.29, 0.717) is 0 Å². The molecule has 0 aromatic heterocycles. The van der Waals surface area contributed by atoms with E-state index in [0.717, 1.165) is 6.42 Å². The van der Waals surface area contributed by atoms with Crippen LogP contribution >= 0.6 is 0 Å². The molecule has 0 fully saturated rings. The van der Waals surface area contributed by atoms with Crippen molar-refractivity contribution < 1.29 is 0 Å². The summed E-state index contributed by atoms with van der Waals surface area (Å²) < 4.78 is 0. The number of benzene rings is 2. The molecule has 1 atom stereocenters. The minimum atomic E-state index is -0.389. The van der Waals surface area contributed by atoms with Gasteiger partial charge in [-0.25, -0.2) is 0 Å². The first-order chi connectivity index (χ1) is 8.58. The van der Waals surface area contributed by atoms with E-state index in [9.17, 15) is 0 Å². The van der Waals surface area contributed by atoms with Crippen LogP contribution < -0.4 is 5.73 Å². The molecule has 0 saturated carbocycles. The van der Waals surface area contributed by atoms with Gasteiger partial charge in [0.2, 0.25) is 0 Å². The zero-order valence-electron chi connectivity index (χ0n) is 11.4. The van der Waals surface area contributed by atoms with Crippen molar-refractivity contribution in [2.45, 2.75) is 32.7 Å². The highest BCUT2D eigenvalue weighted by atomic mass is 14.7. The molecule has 0 aliphatic heterocycles. The highest BCUT2D eigenvalue weighted by Gasteiger charge is 2.27. The Hall–Kier alpha value is -1.60. The van der Waals surface area contributed by atoms with Gasteiger partial charge in [-0.1, -0.05) is 55.5 Å². The summed E-state index contributed by atoms with van der Waals surface area (Å²) in [5.41, 5.74) is 11.2. The molecule has 0 heterocycles. The zero-order valence-corrected chi connectivity index (χ0v) is 11.4. The second-order valence-electron chi connectivity index (χ2n) is 4.99. The van der Waals surface area contributed by atoms with Crippen LogP contribution in [-0.2, 0) is 5.54 Å². The minimum Gasteiger partial charge on any atom is -0.318 e. The van der Waals surface area contributed by atoms with Gasteiger partial charge in [-0.05, 0) is 42.5 Å². The molecular weight excluding hydrogens is 218 g/mol. The first-order valence-electron chi connectivity index (χ1n) is 6.50. The third-order valence-electron chi connectivity index (χ3n) is 3.87.